The van der Waals surface area contributed by atoms with Crippen LogP contribution in [-0.4, -0.2) is 23.8 Å². The molecular weight excluding hydrogens is 268 g/mol. The molecule has 6 unspecified atom stereocenters. The lowest BCUT2D eigenvalue weighted by molar-refractivity contribution is -0.182. The lowest BCUT2D eigenvalue weighted by Gasteiger charge is -2.42. The zero-order chi connectivity index (χ0) is 12.3. The van der Waals surface area contributed by atoms with Crippen LogP contribution in [0.15, 0.2) is 0 Å². The summed E-state index contributed by atoms with van der Waals surface area (Å²) in [5.74, 6) is 1.91. The van der Waals surface area contributed by atoms with Gasteiger partial charge in [-0.3, -0.25) is 0 Å². The Bertz CT molecular complexity index is 210. The van der Waals surface area contributed by atoms with E-state index >= 15 is 0 Å². The third-order valence-electron chi connectivity index (χ3n) is 3.83. The van der Waals surface area contributed by atoms with Gasteiger partial charge < -0.3 is 9.47 Å². The van der Waals surface area contributed by atoms with E-state index in [9.17, 15) is 0 Å². The zero-order valence-corrected chi connectivity index (χ0v) is 12.7. The fourth-order valence-corrected chi connectivity index (χ4v) is 3.25. The average molecular weight is 293 g/mol. The molecule has 0 aromatic carbocycles. The van der Waals surface area contributed by atoms with E-state index in [1.54, 1.807) is 0 Å². The van der Waals surface area contributed by atoms with Crippen LogP contribution < -0.4 is 0 Å². The SMILES string of the molecule is CCOC(C)OC1CC(C)C(Br)C(C)C1C. The second kappa shape index (κ2) is 6.36. The molecular formula is C13H25BrO2. The molecule has 1 saturated carbocycles. The van der Waals surface area contributed by atoms with Gasteiger partial charge in [0.05, 0.1) is 6.10 Å². The van der Waals surface area contributed by atoms with Crippen molar-refractivity contribution < 1.29 is 9.47 Å². The first-order chi connectivity index (χ1) is 7.47. The molecule has 0 bridgehead atoms. The van der Waals surface area contributed by atoms with E-state index in [0.29, 0.717) is 35.3 Å². The van der Waals surface area contributed by atoms with Gasteiger partial charge in [-0.25, -0.2) is 0 Å². The highest BCUT2D eigenvalue weighted by atomic mass is 79.9. The first-order valence-corrected chi connectivity index (χ1v) is 7.30. The molecule has 1 rings (SSSR count). The minimum absolute atomic E-state index is 0.0799. The topological polar surface area (TPSA) is 18.5 Å². The molecule has 0 spiro atoms. The zero-order valence-electron chi connectivity index (χ0n) is 11.1. The van der Waals surface area contributed by atoms with Gasteiger partial charge in [-0.1, -0.05) is 36.7 Å². The second-order valence-electron chi connectivity index (χ2n) is 5.07. The van der Waals surface area contributed by atoms with Crippen molar-refractivity contribution in [2.75, 3.05) is 6.61 Å². The highest BCUT2D eigenvalue weighted by Gasteiger charge is 2.38. The van der Waals surface area contributed by atoms with Crippen molar-refractivity contribution in [3.8, 4) is 0 Å². The monoisotopic (exact) mass is 292 g/mol. The first-order valence-electron chi connectivity index (χ1n) is 6.38. The Morgan fingerprint density at radius 1 is 1.25 bits per heavy atom. The summed E-state index contributed by atoms with van der Waals surface area (Å²) < 4.78 is 11.4. The molecule has 0 N–H and O–H groups in total. The summed E-state index contributed by atoms with van der Waals surface area (Å²) in [5, 5.41) is 0. The maximum atomic E-state index is 5.99. The minimum atomic E-state index is -0.0799. The molecule has 3 heteroatoms. The number of alkyl halides is 1. The van der Waals surface area contributed by atoms with Crippen LogP contribution >= 0.6 is 15.9 Å². The van der Waals surface area contributed by atoms with Crippen LogP contribution in [0, 0.1) is 17.8 Å². The maximum Gasteiger partial charge on any atom is 0.155 e. The molecule has 96 valence electrons. The predicted molar refractivity (Wildman–Crippen MR) is 70.8 cm³/mol. The van der Waals surface area contributed by atoms with E-state index in [1.165, 1.54) is 0 Å². The standard InChI is InChI=1S/C13H25BrO2/c1-6-15-11(5)16-12-7-8(2)13(14)10(4)9(12)3/h8-13H,6-7H2,1-5H3. The van der Waals surface area contributed by atoms with Crippen molar-refractivity contribution in [2.45, 2.75) is 58.3 Å². The van der Waals surface area contributed by atoms with E-state index in [4.69, 9.17) is 9.47 Å². The summed E-state index contributed by atoms with van der Waals surface area (Å²) in [4.78, 5) is 0.616. The molecule has 6 atom stereocenters. The Morgan fingerprint density at radius 3 is 2.44 bits per heavy atom. The predicted octanol–water partition coefficient (Wildman–Crippen LogP) is 3.83. The largest absolute Gasteiger partial charge is 0.353 e. The summed E-state index contributed by atoms with van der Waals surface area (Å²) in [6, 6.07) is 0. The summed E-state index contributed by atoms with van der Waals surface area (Å²) in [6.07, 6.45) is 1.38. The van der Waals surface area contributed by atoms with Crippen LogP contribution in [0.3, 0.4) is 0 Å². The van der Waals surface area contributed by atoms with Crippen LogP contribution in [0.25, 0.3) is 0 Å². The van der Waals surface area contributed by atoms with E-state index < -0.39 is 0 Å². The van der Waals surface area contributed by atoms with Crippen LogP contribution in [0.1, 0.15) is 41.0 Å². The quantitative estimate of drug-likeness (QED) is 0.579. The lowest BCUT2D eigenvalue weighted by Crippen LogP contribution is -2.43. The second-order valence-corrected chi connectivity index (χ2v) is 6.13. The summed E-state index contributed by atoms with van der Waals surface area (Å²) >= 11 is 3.80. The molecule has 1 aliphatic carbocycles. The van der Waals surface area contributed by atoms with Gasteiger partial charge in [-0.05, 0) is 38.0 Å². The van der Waals surface area contributed by atoms with Crippen molar-refractivity contribution in [3.63, 3.8) is 0 Å². The molecule has 0 aromatic rings. The molecule has 0 aliphatic heterocycles. The molecule has 0 saturated heterocycles. The van der Waals surface area contributed by atoms with Crippen molar-refractivity contribution in [2.24, 2.45) is 17.8 Å². The number of rotatable bonds is 4. The normalized spacial score (nSPS) is 42.0. The Hall–Kier alpha value is 0.400. The molecule has 0 radical (unpaired) electrons. The molecule has 0 aromatic heterocycles. The van der Waals surface area contributed by atoms with Crippen LogP contribution in [0.5, 0.6) is 0 Å². The molecule has 16 heavy (non-hydrogen) atoms. The Balaban J connectivity index is 2.53. The molecule has 0 heterocycles. The highest BCUT2D eigenvalue weighted by molar-refractivity contribution is 9.09. The fraction of sp³-hybridized carbons (Fsp3) is 1.00. The van der Waals surface area contributed by atoms with Crippen LogP contribution in [0.2, 0.25) is 0 Å². The van der Waals surface area contributed by atoms with Crippen LogP contribution in [-0.2, 0) is 9.47 Å². The van der Waals surface area contributed by atoms with Gasteiger partial charge in [0.25, 0.3) is 0 Å². The summed E-state index contributed by atoms with van der Waals surface area (Å²) in [5.41, 5.74) is 0. The van der Waals surface area contributed by atoms with Crippen molar-refractivity contribution >= 4 is 15.9 Å². The van der Waals surface area contributed by atoms with Gasteiger partial charge in [-0.15, -0.1) is 0 Å². The third-order valence-corrected chi connectivity index (χ3v) is 5.57. The van der Waals surface area contributed by atoms with Gasteiger partial charge in [0, 0.05) is 11.4 Å². The van der Waals surface area contributed by atoms with Gasteiger partial charge in [0.1, 0.15) is 0 Å². The Kier molecular flexibility index (Phi) is 5.75. The lowest BCUT2D eigenvalue weighted by atomic mass is 9.74. The average Bonchev–Trinajstić information content (AvgIpc) is 2.23. The molecule has 1 aliphatic rings. The highest BCUT2D eigenvalue weighted by Crippen LogP contribution is 2.39. The molecule has 2 nitrogen and oxygen atoms in total. The number of hydrogen-bond donors (Lipinski definition) is 0. The van der Waals surface area contributed by atoms with Crippen molar-refractivity contribution in [3.05, 3.63) is 0 Å². The smallest absolute Gasteiger partial charge is 0.155 e. The summed E-state index contributed by atoms with van der Waals surface area (Å²) in [7, 11) is 0. The molecule has 1 fully saturated rings. The van der Waals surface area contributed by atoms with Gasteiger partial charge in [-0.2, -0.15) is 0 Å². The van der Waals surface area contributed by atoms with Crippen LogP contribution in [0.4, 0.5) is 0 Å². The minimum Gasteiger partial charge on any atom is -0.353 e. The number of halogens is 1. The number of ether oxygens (including phenoxy) is 2. The first kappa shape index (κ1) is 14.5. The van der Waals surface area contributed by atoms with Gasteiger partial charge in [0.2, 0.25) is 0 Å². The van der Waals surface area contributed by atoms with Crippen molar-refractivity contribution in [1.29, 1.82) is 0 Å². The number of hydrogen-bond acceptors (Lipinski definition) is 2. The Labute approximate surface area is 108 Å². The molecule has 0 amide bonds. The van der Waals surface area contributed by atoms with E-state index in [1.807, 2.05) is 13.8 Å². The fourth-order valence-electron chi connectivity index (χ4n) is 2.56. The van der Waals surface area contributed by atoms with Gasteiger partial charge in [0.15, 0.2) is 6.29 Å². The Morgan fingerprint density at radius 2 is 1.88 bits per heavy atom. The van der Waals surface area contributed by atoms with E-state index in [2.05, 4.69) is 36.7 Å². The summed E-state index contributed by atoms with van der Waals surface area (Å²) in [6.45, 7) is 11.6. The maximum absolute atomic E-state index is 5.99. The third kappa shape index (κ3) is 3.44. The van der Waals surface area contributed by atoms with Gasteiger partial charge >= 0.3 is 0 Å². The van der Waals surface area contributed by atoms with Crippen molar-refractivity contribution in [1.82, 2.24) is 0 Å². The van der Waals surface area contributed by atoms with E-state index in [-0.39, 0.29) is 6.29 Å². The van der Waals surface area contributed by atoms with E-state index in [0.717, 1.165) is 6.42 Å².